The Kier molecular flexibility index (Phi) is 5.50. The lowest BCUT2D eigenvalue weighted by Crippen LogP contribution is -2.46. The average Bonchev–Trinajstić information content (AvgIpc) is 2.68. The molecule has 1 amide bonds. The summed E-state index contributed by atoms with van der Waals surface area (Å²) in [5, 5.41) is 3.17. The number of fused-ring (bicyclic) bond motifs is 1. The predicted molar refractivity (Wildman–Crippen MR) is 102 cm³/mol. The smallest absolute Gasteiger partial charge is 0.261 e. The Hall–Kier alpha value is -2.49. The van der Waals surface area contributed by atoms with Crippen LogP contribution in [0.5, 0.6) is 11.5 Å². The number of para-hydroxylation sites is 2. The Morgan fingerprint density at radius 2 is 1.81 bits per heavy atom. The van der Waals surface area contributed by atoms with Crippen molar-refractivity contribution in [3.8, 4) is 11.5 Å². The zero-order valence-electron chi connectivity index (χ0n) is 15.7. The zero-order chi connectivity index (χ0) is 18.6. The molecule has 0 saturated heterocycles. The van der Waals surface area contributed by atoms with E-state index in [1.807, 2.05) is 54.6 Å². The number of nitrogens with one attached hydrogen (secondary N) is 1. The minimum Gasteiger partial charge on any atom is -0.487 e. The molecule has 4 heteroatoms. The molecular formula is C22H27NO3. The second kappa shape index (κ2) is 7.81. The molecular weight excluding hydrogens is 326 g/mol. The van der Waals surface area contributed by atoms with Gasteiger partial charge < -0.3 is 14.8 Å². The summed E-state index contributed by atoms with van der Waals surface area (Å²) < 4.78 is 12.1. The van der Waals surface area contributed by atoms with E-state index >= 15 is 0 Å². The zero-order valence-corrected chi connectivity index (χ0v) is 15.7. The molecule has 2 atom stereocenters. The highest BCUT2D eigenvalue weighted by Gasteiger charge is 2.39. The fourth-order valence-corrected chi connectivity index (χ4v) is 3.48. The Labute approximate surface area is 155 Å². The van der Waals surface area contributed by atoms with Crippen LogP contribution in [-0.4, -0.2) is 17.6 Å². The first-order chi connectivity index (χ1) is 12.6. The van der Waals surface area contributed by atoms with Gasteiger partial charge in [-0.25, -0.2) is 0 Å². The van der Waals surface area contributed by atoms with Gasteiger partial charge >= 0.3 is 0 Å². The van der Waals surface area contributed by atoms with Crippen molar-refractivity contribution in [2.24, 2.45) is 0 Å². The summed E-state index contributed by atoms with van der Waals surface area (Å²) in [6, 6.07) is 17.3. The third-order valence-electron chi connectivity index (χ3n) is 5.23. The van der Waals surface area contributed by atoms with Crippen molar-refractivity contribution in [1.29, 1.82) is 0 Å². The van der Waals surface area contributed by atoms with Crippen LogP contribution in [0.25, 0.3) is 0 Å². The van der Waals surface area contributed by atoms with Gasteiger partial charge in [0.15, 0.2) is 6.10 Å². The summed E-state index contributed by atoms with van der Waals surface area (Å²) in [6.07, 6.45) is 2.01. The second-order valence-electron chi connectivity index (χ2n) is 6.87. The van der Waals surface area contributed by atoms with E-state index in [0.717, 1.165) is 30.6 Å². The van der Waals surface area contributed by atoms with Gasteiger partial charge in [-0.2, -0.15) is 0 Å². The third kappa shape index (κ3) is 3.85. The van der Waals surface area contributed by atoms with Gasteiger partial charge in [0.1, 0.15) is 17.1 Å². The number of ether oxygens (including phenoxy) is 2. The van der Waals surface area contributed by atoms with Crippen LogP contribution in [0.4, 0.5) is 0 Å². The quantitative estimate of drug-likeness (QED) is 0.822. The van der Waals surface area contributed by atoms with E-state index in [2.05, 4.69) is 19.2 Å². The molecule has 26 heavy (non-hydrogen) atoms. The highest BCUT2D eigenvalue weighted by molar-refractivity contribution is 5.81. The number of hydrogen-bond acceptors (Lipinski definition) is 3. The van der Waals surface area contributed by atoms with Crippen LogP contribution >= 0.6 is 0 Å². The van der Waals surface area contributed by atoms with Crippen LogP contribution in [-0.2, 0) is 4.79 Å². The van der Waals surface area contributed by atoms with Gasteiger partial charge in [0.2, 0.25) is 0 Å². The van der Waals surface area contributed by atoms with Crippen molar-refractivity contribution >= 4 is 5.91 Å². The van der Waals surface area contributed by atoms with E-state index in [0.29, 0.717) is 5.75 Å². The van der Waals surface area contributed by atoms with Crippen molar-refractivity contribution in [3.05, 3.63) is 60.2 Å². The summed E-state index contributed by atoms with van der Waals surface area (Å²) >= 11 is 0. The summed E-state index contributed by atoms with van der Waals surface area (Å²) in [6.45, 7) is 6.05. The molecule has 0 radical (unpaired) electrons. The first kappa shape index (κ1) is 18.3. The third-order valence-corrected chi connectivity index (χ3v) is 5.23. The van der Waals surface area contributed by atoms with Crippen LogP contribution < -0.4 is 14.8 Å². The van der Waals surface area contributed by atoms with E-state index in [-0.39, 0.29) is 17.6 Å². The van der Waals surface area contributed by atoms with Crippen molar-refractivity contribution in [2.45, 2.75) is 57.8 Å². The molecule has 3 rings (SSSR count). The monoisotopic (exact) mass is 353 g/mol. The minimum atomic E-state index is -0.565. The molecule has 1 heterocycles. The van der Waals surface area contributed by atoms with Crippen LogP contribution in [0, 0.1) is 0 Å². The fraction of sp³-hybridized carbons (Fsp3) is 0.409. The lowest BCUT2D eigenvalue weighted by atomic mass is 9.83. The molecule has 0 aromatic heterocycles. The fourth-order valence-electron chi connectivity index (χ4n) is 3.48. The lowest BCUT2D eigenvalue weighted by Gasteiger charge is -2.41. The van der Waals surface area contributed by atoms with Crippen molar-refractivity contribution < 1.29 is 14.3 Å². The number of carbonyl (C=O) groups is 1. The Morgan fingerprint density at radius 1 is 1.15 bits per heavy atom. The van der Waals surface area contributed by atoms with Crippen molar-refractivity contribution in [1.82, 2.24) is 5.32 Å². The maximum atomic E-state index is 12.7. The lowest BCUT2D eigenvalue weighted by molar-refractivity contribution is -0.128. The maximum absolute atomic E-state index is 12.7. The molecule has 0 saturated carbocycles. The molecule has 0 bridgehead atoms. The summed E-state index contributed by atoms with van der Waals surface area (Å²) in [5.74, 6) is 1.44. The molecule has 2 aromatic carbocycles. The van der Waals surface area contributed by atoms with E-state index in [1.165, 1.54) is 0 Å². The van der Waals surface area contributed by atoms with Gasteiger partial charge in [-0.1, -0.05) is 50.2 Å². The molecule has 4 nitrogen and oxygen atoms in total. The molecule has 0 aliphatic carbocycles. The SMILES string of the molecule is CCC1(CC)C[C@@H](NC(=O)[C@H](C)Oc2ccccc2)c2ccccc2O1. The van der Waals surface area contributed by atoms with Gasteiger partial charge in [0.05, 0.1) is 6.04 Å². The predicted octanol–water partition coefficient (Wildman–Crippen LogP) is 4.65. The molecule has 1 aliphatic rings. The molecule has 2 aromatic rings. The largest absolute Gasteiger partial charge is 0.487 e. The second-order valence-corrected chi connectivity index (χ2v) is 6.87. The standard InChI is InChI=1S/C22H27NO3/c1-4-22(5-2)15-19(18-13-9-10-14-20(18)26-22)23-21(24)16(3)25-17-11-7-6-8-12-17/h6-14,16,19H,4-5,15H2,1-3H3,(H,23,24)/t16-,19+/m0/s1. The van der Waals surface area contributed by atoms with Crippen LogP contribution in [0.3, 0.4) is 0 Å². The molecule has 0 spiro atoms. The summed E-state index contributed by atoms with van der Waals surface area (Å²) in [7, 11) is 0. The number of benzene rings is 2. The topological polar surface area (TPSA) is 47.6 Å². The Morgan fingerprint density at radius 3 is 2.50 bits per heavy atom. The van der Waals surface area contributed by atoms with Gasteiger partial charge in [-0.15, -0.1) is 0 Å². The first-order valence-electron chi connectivity index (χ1n) is 9.37. The van der Waals surface area contributed by atoms with Crippen LogP contribution in [0.1, 0.15) is 51.6 Å². The normalized spacial score (nSPS) is 19.0. The summed E-state index contributed by atoms with van der Waals surface area (Å²) in [4.78, 5) is 12.7. The van der Waals surface area contributed by atoms with Gasteiger partial charge in [-0.05, 0) is 38.0 Å². The Balaban J connectivity index is 1.76. The number of rotatable bonds is 6. The van der Waals surface area contributed by atoms with Gasteiger partial charge in [-0.3, -0.25) is 4.79 Å². The average molecular weight is 353 g/mol. The maximum Gasteiger partial charge on any atom is 0.261 e. The van der Waals surface area contributed by atoms with E-state index in [9.17, 15) is 4.79 Å². The number of carbonyl (C=O) groups excluding carboxylic acids is 1. The molecule has 1 aliphatic heterocycles. The van der Waals surface area contributed by atoms with Crippen LogP contribution in [0.15, 0.2) is 54.6 Å². The summed E-state index contributed by atoms with van der Waals surface area (Å²) in [5.41, 5.74) is 0.792. The van der Waals surface area contributed by atoms with Crippen molar-refractivity contribution in [2.75, 3.05) is 0 Å². The molecule has 138 valence electrons. The minimum absolute atomic E-state index is 0.0748. The Bertz CT molecular complexity index is 740. The van der Waals surface area contributed by atoms with Gasteiger partial charge in [0, 0.05) is 12.0 Å². The first-order valence-corrected chi connectivity index (χ1v) is 9.37. The van der Waals surface area contributed by atoms with Crippen molar-refractivity contribution in [3.63, 3.8) is 0 Å². The molecule has 0 unspecified atom stereocenters. The molecule has 0 fully saturated rings. The highest BCUT2D eigenvalue weighted by Crippen LogP contribution is 2.42. The number of hydrogen-bond donors (Lipinski definition) is 1. The highest BCUT2D eigenvalue weighted by atomic mass is 16.5. The molecule has 1 N–H and O–H groups in total. The number of amides is 1. The van der Waals surface area contributed by atoms with Gasteiger partial charge in [0.25, 0.3) is 5.91 Å². The van der Waals surface area contributed by atoms with E-state index in [4.69, 9.17) is 9.47 Å². The van der Waals surface area contributed by atoms with E-state index in [1.54, 1.807) is 6.92 Å². The van der Waals surface area contributed by atoms with Crippen LogP contribution in [0.2, 0.25) is 0 Å². The van der Waals surface area contributed by atoms with E-state index < -0.39 is 6.10 Å².